The minimum Gasteiger partial charge on any atom is -0.392 e. The van der Waals surface area contributed by atoms with E-state index in [0.717, 1.165) is 12.0 Å². The van der Waals surface area contributed by atoms with Crippen LogP contribution in [0.15, 0.2) is 29.2 Å². The van der Waals surface area contributed by atoms with Crippen molar-refractivity contribution in [2.45, 2.75) is 42.4 Å². The fraction of sp³-hybridized carbons (Fsp3) is 0.500. The van der Waals surface area contributed by atoms with Crippen LogP contribution in [0.1, 0.15) is 24.8 Å². The number of aryl methyl sites for hydroxylation is 1. The lowest BCUT2D eigenvalue weighted by atomic mass is 10.2. The molecule has 2 rings (SSSR count). The lowest BCUT2D eigenvalue weighted by molar-refractivity contribution is 0.185. The number of rotatable bonds is 2. The minimum atomic E-state index is -3.35. The average Bonchev–Trinajstić information content (AvgIpc) is 2.66. The minimum absolute atomic E-state index is 0.323. The molecule has 0 spiro atoms. The largest absolute Gasteiger partial charge is 0.392 e. The van der Waals surface area contributed by atoms with Crippen molar-refractivity contribution in [2.24, 2.45) is 0 Å². The quantitative estimate of drug-likeness (QED) is 0.855. The van der Waals surface area contributed by atoms with Gasteiger partial charge >= 0.3 is 0 Å². The summed E-state index contributed by atoms with van der Waals surface area (Å²) in [6.45, 7) is 1.92. The second-order valence-corrected chi connectivity index (χ2v) is 6.56. The predicted molar refractivity (Wildman–Crippen MR) is 62.0 cm³/mol. The number of aliphatic hydroxyl groups excluding tert-OH is 1. The van der Waals surface area contributed by atoms with E-state index in [1.807, 2.05) is 6.92 Å². The summed E-state index contributed by atoms with van der Waals surface area (Å²) in [5.41, 5.74) is 1.03. The highest BCUT2D eigenvalue weighted by Gasteiger charge is 2.37. The second kappa shape index (κ2) is 4.18. The van der Waals surface area contributed by atoms with E-state index in [-0.39, 0.29) is 0 Å². The highest BCUT2D eigenvalue weighted by atomic mass is 32.2. The molecule has 1 aliphatic rings. The van der Waals surface area contributed by atoms with Crippen molar-refractivity contribution >= 4 is 9.84 Å². The van der Waals surface area contributed by atoms with Gasteiger partial charge in [0.05, 0.1) is 16.2 Å². The molecule has 4 heteroatoms. The molecule has 0 aromatic heterocycles. The summed E-state index contributed by atoms with van der Waals surface area (Å²) in [6, 6.07) is 6.81. The maximum absolute atomic E-state index is 12.2. The van der Waals surface area contributed by atoms with E-state index in [1.165, 1.54) is 0 Å². The topological polar surface area (TPSA) is 54.4 Å². The Balaban J connectivity index is 2.35. The van der Waals surface area contributed by atoms with E-state index >= 15 is 0 Å². The van der Waals surface area contributed by atoms with Crippen LogP contribution in [0.25, 0.3) is 0 Å². The van der Waals surface area contributed by atoms with Crippen LogP contribution in [-0.2, 0) is 9.84 Å². The molecule has 16 heavy (non-hydrogen) atoms. The normalized spacial score (nSPS) is 25.9. The monoisotopic (exact) mass is 240 g/mol. The van der Waals surface area contributed by atoms with Gasteiger partial charge < -0.3 is 5.11 Å². The molecule has 0 amide bonds. The Morgan fingerprint density at radius 2 is 1.81 bits per heavy atom. The molecule has 1 fully saturated rings. The second-order valence-electron chi connectivity index (χ2n) is 4.39. The van der Waals surface area contributed by atoms with Gasteiger partial charge in [-0.25, -0.2) is 8.42 Å². The van der Waals surface area contributed by atoms with Crippen LogP contribution in [0.5, 0.6) is 0 Å². The molecule has 0 aliphatic heterocycles. The molecule has 88 valence electrons. The van der Waals surface area contributed by atoms with Crippen LogP contribution in [0.2, 0.25) is 0 Å². The number of hydrogen-bond donors (Lipinski definition) is 1. The van der Waals surface area contributed by atoms with Gasteiger partial charge in [0.2, 0.25) is 0 Å². The Labute approximate surface area is 96.0 Å². The van der Waals surface area contributed by atoms with E-state index < -0.39 is 21.2 Å². The predicted octanol–water partition coefficient (Wildman–Crippen LogP) is 1.68. The first kappa shape index (κ1) is 11.6. The van der Waals surface area contributed by atoms with Gasteiger partial charge in [0.15, 0.2) is 9.84 Å². The molecule has 1 aliphatic carbocycles. The van der Waals surface area contributed by atoms with Crippen molar-refractivity contribution in [2.75, 3.05) is 0 Å². The van der Waals surface area contributed by atoms with Gasteiger partial charge in [0, 0.05) is 0 Å². The molecule has 1 N–H and O–H groups in total. The van der Waals surface area contributed by atoms with Crippen LogP contribution in [0.3, 0.4) is 0 Å². The molecule has 1 saturated carbocycles. The van der Waals surface area contributed by atoms with Gasteiger partial charge in [-0.3, -0.25) is 0 Å². The van der Waals surface area contributed by atoms with Gasteiger partial charge in [-0.2, -0.15) is 0 Å². The first-order valence-corrected chi connectivity index (χ1v) is 7.05. The van der Waals surface area contributed by atoms with Crippen molar-refractivity contribution in [3.8, 4) is 0 Å². The van der Waals surface area contributed by atoms with Gasteiger partial charge in [0.25, 0.3) is 0 Å². The Kier molecular flexibility index (Phi) is 3.04. The summed E-state index contributed by atoms with van der Waals surface area (Å²) in [5, 5.41) is 9.05. The highest BCUT2D eigenvalue weighted by molar-refractivity contribution is 7.92. The van der Waals surface area contributed by atoms with Crippen molar-refractivity contribution in [1.29, 1.82) is 0 Å². The number of sulfone groups is 1. The maximum Gasteiger partial charge on any atom is 0.183 e. The molecule has 0 radical (unpaired) electrons. The number of benzene rings is 1. The molecule has 3 nitrogen and oxygen atoms in total. The zero-order valence-corrected chi connectivity index (χ0v) is 10.1. The van der Waals surface area contributed by atoms with Crippen LogP contribution in [-0.4, -0.2) is 24.9 Å². The zero-order valence-electron chi connectivity index (χ0n) is 9.26. The molecule has 1 aromatic carbocycles. The Bertz CT molecular complexity index is 462. The first-order valence-electron chi connectivity index (χ1n) is 5.50. The molecule has 0 heterocycles. The smallest absolute Gasteiger partial charge is 0.183 e. The van der Waals surface area contributed by atoms with E-state index in [0.29, 0.717) is 17.7 Å². The van der Waals surface area contributed by atoms with Crippen LogP contribution in [0, 0.1) is 6.92 Å². The molecule has 1 aromatic rings. The van der Waals surface area contributed by atoms with Gasteiger partial charge in [-0.15, -0.1) is 0 Å². The Morgan fingerprint density at radius 3 is 2.31 bits per heavy atom. The van der Waals surface area contributed by atoms with Crippen molar-refractivity contribution < 1.29 is 13.5 Å². The van der Waals surface area contributed by atoms with E-state index in [1.54, 1.807) is 24.3 Å². The number of hydrogen-bond acceptors (Lipinski definition) is 3. The SMILES string of the molecule is Cc1ccc(S(=O)(=O)[C@@H]2CCC[C@@H]2O)cc1. The number of aliphatic hydroxyl groups is 1. The zero-order chi connectivity index (χ0) is 11.8. The van der Waals surface area contributed by atoms with Crippen molar-refractivity contribution in [3.63, 3.8) is 0 Å². The third-order valence-electron chi connectivity index (χ3n) is 3.17. The average molecular weight is 240 g/mol. The summed E-state index contributed by atoms with van der Waals surface area (Å²) in [5.74, 6) is 0. The van der Waals surface area contributed by atoms with Crippen LogP contribution < -0.4 is 0 Å². The lowest BCUT2D eigenvalue weighted by Crippen LogP contribution is -2.29. The van der Waals surface area contributed by atoms with Gasteiger partial charge in [-0.05, 0) is 38.3 Å². The van der Waals surface area contributed by atoms with E-state index in [4.69, 9.17) is 0 Å². The van der Waals surface area contributed by atoms with Gasteiger partial charge in [0.1, 0.15) is 0 Å². The van der Waals surface area contributed by atoms with E-state index in [2.05, 4.69) is 0 Å². The van der Waals surface area contributed by atoms with Crippen LogP contribution in [0.4, 0.5) is 0 Å². The standard InChI is InChI=1S/C12H16O3S/c1-9-5-7-10(8-6-9)16(14,15)12-4-2-3-11(12)13/h5-8,11-13H,2-4H2,1H3/t11-,12+/m0/s1. The summed E-state index contributed by atoms with van der Waals surface area (Å²) in [6.07, 6.45) is 1.25. The summed E-state index contributed by atoms with van der Waals surface area (Å²) in [4.78, 5) is 0.323. The maximum atomic E-state index is 12.2. The first-order chi connectivity index (χ1) is 7.51. The lowest BCUT2D eigenvalue weighted by Gasteiger charge is -2.15. The fourth-order valence-corrected chi connectivity index (χ4v) is 4.06. The third-order valence-corrected chi connectivity index (χ3v) is 5.44. The third kappa shape index (κ3) is 1.99. The van der Waals surface area contributed by atoms with Crippen molar-refractivity contribution in [1.82, 2.24) is 0 Å². The van der Waals surface area contributed by atoms with Gasteiger partial charge in [-0.1, -0.05) is 17.7 Å². The highest BCUT2D eigenvalue weighted by Crippen LogP contribution is 2.29. The fourth-order valence-electron chi connectivity index (χ4n) is 2.17. The Morgan fingerprint density at radius 1 is 1.19 bits per heavy atom. The Hall–Kier alpha value is -0.870. The summed E-state index contributed by atoms with van der Waals surface area (Å²) in [7, 11) is -3.35. The summed E-state index contributed by atoms with van der Waals surface area (Å²) < 4.78 is 24.4. The molecular formula is C12H16O3S. The van der Waals surface area contributed by atoms with E-state index in [9.17, 15) is 13.5 Å². The molecule has 0 unspecified atom stereocenters. The molecular weight excluding hydrogens is 224 g/mol. The van der Waals surface area contributed by atoms with Crippen molar-refractivity contribution in [3.05, 3.63) is 29.8 Å². The summed E-state index contributed by atoms with van der Waals surface area (Å²) >= 11 is 0. The molecule has 0 bridgehead atoms. The molecule has 2 atom stereocenters. The van der Waals surface area contributed by atoms with Crippen LogP contribution >= 0.6 is 0 Å². The molecule has 0 saturated heterocycles.